The Morgan fingerprint density at radius 1 is 1.19 bits per heavy atom. The SMILES string of the molecule is CCOc1ccc(S(=O)(=O)Nc2ccc3nc(SC(C)C)sc3c2)cc1. The molecule has 2 aromatic carbocycles. The van der Waals surface area contributed by atoms with Gasteiger partial charge in [-0.1, -0.05) is 25.6 Å². The van der Waals surface area contributed by atoms with Gasteiger partial charge in [-0.2, -0.15) is 0 Å². The molecule has 0 amide bonds. The van der Waals surface area contributed by atoms with E-state index in [9.17, 15) is 8.42 Å². The third-order valence-corrected chi connectivity index (χ3v) is 6.92. The van der Waals surface area contributed by atoms with E-state index in [0.29, 0.717) is 23.3 Å². The third-order valence-electron chi connectivity index (χ3n) is 3.40. The van der Waals surface area contributed by atoms with Crippen molar-refractivity contribution in [2.45, 2.75) is 35.3 Å². The molecule has 1 heterocycles. The van der Waals surface area contributed by atoms with Gasteiger partial charge in [-0.05, 0) is 49.4 Å². The van der Waals surface area contributed by atoms with Crippen LogP contribution in [0.1, 0.15) is 20.8 Å². The monoisotopic (exact) mass is 408 g/mol. The van der Waals surface area contributed by atoms with Gasteiger partial charge in [-0.25, -0.2) is 13.4 Å². The molecule has 0 atom stereocenters. The zero-order chi connectivity index (χ0) is 18.7. The maximum Gasteiger partial charge on any atom is 0.261 e. The first-order valence-electron chi connectivity index (χ1n) is 8.20. The van der Waals surface area contributed by atoms with Crippen LogP contribution >= 0.6 is 23.1 Å². The molecule has 0 radical (unpaired) electrons. The summed E-state index contributed by atoms with van der Waals surface area (Å²) in [5, 5.41) is 0.452. The lowest BCUT2D eigenvalue weighted by Gasteiger charge is -2.09. The average molecular weight is 409 g/mol. The molecule has 26 heavy (non-hydrogen) atoms. The van der Waals surface area contributed by atoms with E-state index < -0.39 is 10.0 Å². The number of hydrogen-bond donors (Lipinski definition) is 1. The first-order valence-corrected chi connectivity index (χ1v) is 11.4. The molecule has 0 aliphatic carbocycles. The van der Waals surface area contributed by atoms with E-state index in [-0.39, 0.29) is 4.90 Å². The highest BCUT2D eigenvalue weighted by Gasteiger charge is 2.15. The Kier molecular flexibility index (Phi) is 5.74. The lowest BCUT2D eigenvalue weighted by molar-refractivity contribution is 0.340. The van der Waals surface area contributed by atoms with E-state index in [1.165, 1.54) is 12.1 Å². The summed E-state index contributed by atoms with van der Waals surface area (Å²) in [7, 11) is -3.65. The second-order valence-corrected chi connectivity index (χ2v) is 10.4. The van der Waals surface area contributed by atoms with Gasteiger partial charge in [-0.3, -0.25) is 4.72 Å². The molecule has 0 aliphatic heterocycles. The zero-order valence-electron chi connectivity index (χ0n) is 14.7. The van der Waals surface area contributed by atoms with E-state index >= 15 is 0 Å². The topological polar surface area (TPSA) is 68.3 Å². The number of thioether (sulfide) groups is 1. The maximum absolute atomic E-state index is 12.6. The largest absolute Gasteiger partial charge is 0.494 e. The minimum atomic E-state index is -3.65. The van der Waals surface area contributed by atoms with E-state index in [1.807, 2.05) is 19.1 Å². The molecular formula is C18H20N2O3S3. The number of aromatic nitrogens is 1. The average Bonchev–Trinajstić information content (AvgIpc) is 2.96. The summed E-state index contributed by atoms with van der Waals surface area (Å²) in [5.74, 6) is 0.646. The Labute approximate surface area is 161 Å². The fourth-order valence-electron chi connectivity index (χ4n) is 2.31. The van der Waals surface area contributed by atoms with Gasteiger partial charge in [0.05, 0.1) is 27.4 Å². The summed E-state index contributed by atoms with van der Waals surface area (Å²) in [4.78, 5) is 4.76. The van der Waals surface area contributed by atoms with Gasteiger partial charge in [0, 0.05) is 5.25 Å². The molecule has 5 nitrogen and oxygen atoms in total. The maximum atomic E-state index is 12.6. The summed E-state index contributed by atoms with van der Waals surface area (Å²) in [5.41, 5.74) is 1.40. The van der Waals surface area contributed by atoms with E-state index in [2.05, 4.69) is 23.6 Å². The standard InChI is InChI=1S/C18H20N2O3S3/c1-4-23-14-6-8-15(9-7-14)26(21,22)20-13-5-10-16-17(11-13)25-18(19-16)24-12(2)3/h5-12,20H,4H2,1-3H3. The van der Waals surface area contributed by atoms with Gasteiger partial charge in [0.2, 0.25) is 0 Å². The van der Waals surface area contributed by atoms with Gasteiger partial charge in [0.25, 0.3) is 10.0 Å². The van der Waals surface area contributed by atoms with Crippen LogP contribution in [0.4, 0.5) is 5.69 Å². The number of nitrogens with one attached hydrogen (secondary N) is 1. The number of benzene rings is 2. The van der Waals surface area contributed by atoms with Crippen molar-refractivity contribution in [1.29, 1.82) is 0 Å². The van der Waals surface area contributed by atoms with Crippen molar-refractivity contribution in [3.63, 3.8) is 0 Å². The summed E-state index contributed by atoms with van der Waals surface area (Å²) >= 11 is 3.27. The normalized spacial score (nSPS) is 11.8. The van der Waals surface area contributed by atoms with Crippen LogP contribution in [0.15, 0.2) is 51.7 Å². The van der Waals surface area contributed by atoms with Crippen LogP contribution in [0, 0.1) is 0 Å². The van der Waals surface area contributed by atoms with Gasteiger partial charge in [-0.15, -0.1) is 11.3 Å². The first-order chi connectivity index (χ1) is 12.4. The Balaban J connectivity index is 1.82. The molecular weight excluding hydrogens is 388 g/mol. The van der Waals surface area contributed by atoms with Gasteiger partial charge >= 0.3 is 0 Å². The molecule has 1 aromatic heterocycles. The van der Waals surface area contributed by atoms with Crippen molar-refractivity contribution >= 4 is 49.0 Å². The fourth-order valence-corrected chi connectivity index (χ4v) is 5.69. The zero-order valence-corrected chi connectivity index (χ0v) is 17.2. The summed E-state index contributed by atoms with van der Waals surface area (Å²) in [6.45, 7) is 6.66. The molecule has 1 N–H and O–H groups in total. The molecule has 0 saturated carbocycles. The minimum absolute atomic E-state index is 0.196. The molecule has 8 heteroatoms. The number of anilines is 1. The van der Waals surface area contributed by atoms with Crippen LogP contribution in [0.25, 0.3) is 10.2 Å². The van der Waals surface area contributed by atoms with Gasteiger partial charge in [0.1, 0.15) is 5.75 Å². The second kappa shape index (κ2) is 7.85. The summed E-state index contributed by atoms with van der Waals surface area (Å²) < 4.78 is 35.1. The van der Waals surface area contributed by atoms with Gasteiger partial charge in [0.15, 0.2) is 4.34 Å². The lowest BCUT2D eigenvalue weighted by Crippen LogP contribution is -2.12. The molecule has 0 bridgehead atoms. The fraction of sp³-hybridized carbons (Fsp3) is 0.278. The number of sulfonamides is 1. The Morgan fingerprint density at radius 3 is 2.58 bits per heavy atom. The van der Waals surface area contributed by atoms with Crippen molar-refractivity contribution in [3.05, 3.63) is 42.5 Å². The summed E-state index contributed by atoms with van der Waals surface area (Å²) in [6.07, 6.45) is 0. The predicted octanol–water partition coefficient (Wildman–Crippen LogP) is 5.00. The minimum Gasteiger partial charge on any atom is -0.494 e. The van der Waals surface area contributed by atoms with Crippen molar-refractivity contribution in [2.75, 3.05) is 11.3 Å². The van der Waals surface area contributed by atoms with Crippen molar-refractivity contribution < 1.29 is 13.2 Å². The number of thiazole rings is 1. The Morgan fingerprint density at radius 2 is 1.92 bits per heavy atom. The molecule has 0 aliphatic rings. The highest BCUT2D eigenvalue weighted by atomic mass is 32.2. The number of ether oxygens (including phenoxy) is 1. The Bertz CT molecular complexity index is 996. The molecule has 0 saturated heterocycles. The van der Waals surface area contributed by atoms with Crippen LogP contribution in [0.5, 0.6) is 5.75 Å². The van der Waals surface area contributed by atoms with Crippen molar-refractivity contribution in [3.8, 4) is 5.75 Å². The summed E-state index contributed by atoms with van der Waals surface area (Å²) in [6, 6.07) is 11.8. The Hall–Kier alpha value is -1.77. The van der Waals surface area contributed by atoms with Crippen LogP contribution in [0.3, 0.4) is 0 Å². The number of fused-ring (bicyclic) bond motifs is 1. The van der Waals surface area contributed by atoms with E-state index in [4.69, 9.17) is 4.74 Å². The second-order valence-electron chi connectivity index (χ2n) is 5.84. The van der Waals surface area contributed by atoms with Crippen LogP contribution < -0.4 is 9.46 Å². The smallest absolute Gasteiger partial charge is 0.261 e. The quantitative estimate of drug-likeness (QED) is 0.557. The van der Waals surface area contributed by atoms with Gasteiger partial charge < -0.3 is 4.74 Å². The predicted molar refractivity (Wildman–Crippen MR) is 109 cm³/mol. The third kappa shape index (κ3) is 4.49. The molecule has 0 unspecified atom stereocenters. The molecule has 0 fully saturated rings. The van der Waals surface area contributed by atoms with Crippen molar-refractivity contribution in [1.82, 2.24) is 4.98 Å². The number of hydrogen-bond acceptors (Lipinski definition) is 6. The highest BCUT2D eigenvalue weighted by Crippen LogP contribution is 2.33. The number of rotatable bonds is 7. The molecule has 0 spiro atoms. The first kappa shape index (κ1) is 19.0. The van der Waals surface area contributed by atoms with Crippen molar-refractivity contribution in [2.24, 2.45) is 0 Å². The van der Waals surface area contributed by atoms with E-state index in [0.717, 1.165) is 14.6 Å². The lowest BCUT2D eigenvalue weighted by atomic mass is 10.3. The van der Waals surface area contributed by atoms with Crippen LogP contribution in [0.2, 0.25) is 0 Å². The van der Waals surface area contributed by atoms with Crippen LogP contribution in [-0.4, -0.2) is 25.3 Å². The highest BCUT2D eigenvalue weighted by molar-refractivity contribution is 8.01. The molecule has 3 rings (SSSR count). The molecule has 3 aromatic rings. The number of nitrogens with zero attached hydrogens (tertiary/aromatic N) is 1. The molecule has 138 valence electrons. The van der Waals surface area contributed by atoms with E-state index in [1.54, 1.807) is 41.3 Å². The van der Waals surface area contributed by atoms with Crippen LogP contribution in [-0.2, 0) is 10.0 Å².